The normalized spacial score (nSPS) is 17.2. The molecule has 2 N–H and O–H groups in total. The molecule has 2 rings (SSSR count). The van der Waals surface area contributed by atoms with E-state index in [1.807, 2.05) is 35.2 Å². The summed E-state index contributed by atoms with van der Waals surface area (Å²) in [5, 5.41) is 0. The van der Waals surface area contributed by atoms with Crippen LogP contribution in [0, 0.1) is 0 Å². The Balaban J connectivity index is 1.86. The zero-order chi connectivity index (χ0) is 13.5. The smallest absolute Gasteiger partial charge is 0.227 e. The molecule has 4 heteroatoms. The van der Waals surface area contributed by atoms with E-state index in [4.69, 9.17) is 5.73 Å². The third-order valence-corrected chi connectivity index (χ3v) is 3.58. The number of carbonyl (C=O) groups is 1. The molecular weight excluding hydrogens is 238 g/mol. The number of benzene rings is 1. The van der Waals surface area contributed by atoms with Crippen LogP contribution in [0.2, 0.25) is 0 Å². The molecule has 4 nitrogen and oxygen atoms in total. The molecule has 0 spiro atoms. The SMILES string of the molecule is NCCN1CCCN(C(=O)Cc2ccccc2)CC1. The number of hydrogen-bond acceptors (Lipinski definition) is 3. The fourth-order valence-corrected chi connectivity index (χ4v) is 2.51. The van der Waals surface area contributed by atoms with Gasteiger partial charge in [0.05, 0.1) is 6.42 Å². The van der Waals surface area contributed by atoms with Crippen LogP contribution in [-0.4, -0.2) is 55.0 Å². The predicted molar refractivity (Wildman–Crippen MR) is 76.8 cm³/mol. The van der Waals surface area contributed by atoms with Crippen molar-refractivity contribution in [3.8, 4) is 0 Å². The minimum atomic E-state index is 0.237. The maximum absolute atomic E-state index is 12.3. The summed E-state index contributed by atoms with van der Waals surface area (Å²) in [6, 6.07) is 9.96. The number of nitrogens with two attached hydrogens (primary N) is 1. The second kappa shape index (κ2) is 7.26. The third kappa shape index (κ3) is 4.33. The molecular formula is C15H23N3O. The van der Waals surface area contributed by atoms with E-state index in [-0.39, 0.29) is 5.91 Å². The zero-order valence-electron chi connectivity index (χ0n) is 11.4. The maximum Gasteiger partial charge on any atom is 0.227 e. The van der Waals surface area contributed by atoms with E-state index < -0.39 is 0 Å². The lowest BCUT2D eigenvalue weighted by Crippen LogP contribution is -2.37. The Morgan fingerprint density at radius 3 is 2.63 bits per heavy atom. The van der Waals surface area contributed by atoms with Gasteiger partial charge >= 0.3 is 0 Å². The first-order valence-electron chi connectivity index (χ1n) is 7.03. The molecule has 104 valence electrons. The Hall–Kier alpha value is -1.39. The molecule has 0 bridgehead atoms. The number of nitrogens with zero attached hydrogens (tertiary/aromatic N) is 2. The van der Waals surface area contributed by atoms with E-state index in [9.17, 15) is 4.79 Å². The highest BCUT2D eigenvalue weighted by Crippen LogP contribution is 2.07. The molecule has 1 saturated heterocycles. The summed E-state index contributed by atoms with van der Waals surface area (Å²) >= 11 is 0. The molecule has 0 atom stereocenters. The second-order valence-electron chi connectivity index (χ2n) is 5.03. The number of hydrogen-bond donors (Lipinski definition) is 1. The molecule has 1 heterocycles. The van der Waals surface area contributed by atoms with Crippen LogP contribution in [0.15, 0.2) is 30.3 Å². The van der Waals surface area contributed by atoms with Gasteiger partial charge in [0.25, 0.3) is 0 Å². The van der Waals surface area contributed by atoms with Gasteiger partial charge in [-0.3, -0.25) is 4.79 Å². The van der Waals surface area contributed by atoms with Crippen LogP contribution < -0.4 is 5.73 Å². The molecule has 19 heavy (non-hydrogen) atoms. The largest absolute Gasteiger partial charge is 0.341 e. The Morgan fingerprint density at radius 1 is 1.11 bits per heavy atom. The highest BCUT2D eigenvalue weighted by molar-refractivity contribution is 5.78. The van der Waals surface area contributed by atoms with Crippen molar-refractivity contribution in [3.63, 3.8) is 0 Å². The topological polar surface area (TPSA) is 49.6 Å². The lowest BCUT2D eigenvalue weighted by atomic mass is 10.1. The van der Waals surface area contributed by atoms with Crippen molar-refractivity contribution in [2.24, 2.45) is 5.73 Å². The van der Waals surface area contributed by atoms with E-state index >= 15 is 0 Å². The van der Waals surface area contributed by atoms with Crippen LogP contribution in [0.5, 0.6) is 0 Å². The van der Waals surface area contributed by atoms with Crippen LogP contribution in [-0.2, 0) is 11.2 Å². The zero-order valence-corrected chi connectivity index (χ0v) is 11.4. The molecule has 1 aromatic carbocycles. The Bertz CT molecular complexity index is 394. The van der Waals surface area contributed by atoms with Gasteiger partial charge < -0.3 is 15.5 Å². The monoisotopic (exact) mass is 261 g/mol. The first-order valence-corrected chi connectivity index (χ1v) is 7.03. The van der Waals surface area contributed by atoms with Gasteiger partial charge in [0, 0.05) is 32.7 Å². The van der Waals surface area contributed by atoms with Crippen molar-refractivity contribution in [3.05, 3.63) is 35.9 Å². The Kier molecular flexibility index (Phi) is 5.36. The van der Waals surface area contributed by atoms with E-state index in [1.165, 1.54) is 0 Å². The minimum absolute atomic E-state index is 0.237. The highest BCUT2D eigenvalue weighted by Gasteiger charge is 2.18. The molecule has 1 aromatic rings. The first-order chi connectivity index (χ1) is 9.29. The van der Waals surface area contributed by atoms with Crippen molar-refractivity contribution < 1.29 is 4.79 Å². The summed E-state index contributed by atoms with van der Waals surface area (Å²) in [4.78, 5) is 16.6. The quantitative estimate of drug-likeness (QED) is 0.869. The van der Waals surface area contributed by atoms with E-state index in [0.717, 1.165) is 44.7 Å². The fraction of sp³-hybridized carbons (Fsp3) is 0.533. The fourth-order valence-electron chi connectivity index (χ4n) is 2.51. The summed E-state index contributed by atoms with van der Waals surface area (Å²) in [5.41, 5.74) is 6.68. The molecule has 0 saturated carbocycles. The molecule has 0 unspecified atom stereocenters. The number of carbonyl (C=O) groups excluding carboxylic acids is 1. The second-order valence-corrected chi connectivity index (χ2v) is 5.03. The summed E-state index contributed by atoms with van der Waals surface area (Å²) in [6.07, 6.45) is 1.55. The molecule has 1 fully saturated rings. The minimum Gasteiger partial charge on any atom is -0.341 e. The standard InChI is InChI=1S/C15H23N3O/c16-7-10-17-8-4-9-18(12-11-17)15(19)13-14-5-2-1-3-6-14/h1-3,5-6H,4,7-13,16H2. The van der Waals surface area contributed by atoms with E-state index in [0.29, 0.717) is 13.0 Å². The van der Waals surface area contributed by atoms with Gasteiger partial charge in [-0.1, -0.05) is 30.3 Å². The van der Waals surface area contributed by atoms with Crippen molar-refractivity contribution in [1.29, 1.82) is 0 Å². The summed E-state index contributed by atoms with van der Waals surface area (Å²) in [6.45, 7) is 5.31. The van der Waals surface area contributed by atoms with Crippen molar-refractivity contribution in [1.82, 2.24) is 9.80 Å². The van der Waals surface area contributed by atoms with Gasteiger partial charge in [0.15, 0.2) is 0 Å². The predicted octanol–water partition coefficient (Wildman–Crippen LogP) is 0.722. The third-order valence-electron chi connectivity index (χ3n) is 3.58. The van der Waals surface area contributed by atoms with Gasteiger partial charge in [0.2, 0.25) is 5.91 Å². The summed E-state index contributed by atoms with van der Waals surface area (Å²) in [5.74, 6) is 0.237. The van der Waals surface area contributed by atoms with Crippen LogP contribution in [0.3, 0.4) is 0 Å². The van der Waals surface area contributed by atoms with Gasteiger partial charge in [-0.25, -0.2) is 0 Å². The van der Waals surface area contributed by atoms with E-state index in [1.54, 1.807) is 0 Å². The van der Waals surface area contributed by atoms with Gasteiger partial charge in [-0.05, 0) is 18.5 Å². The van der Waals surface area contributed by atoms with Crippen LogP contribution in [0.1, 0.15) is 12.0 Å². The Morgan fingerprint density at radius 2 is 1.89 bits per heavy atom. The molecule has 1 aliphatic rings. The van der Waals surface area contributed by atoms with Crippen molar-refractivity contribution in [2.75, 3.05) is 39.3 Å². The maximum atomic E-state index is 12.3. The molecule has 1 amide bonds. The molecule has 0 aromatic heterocycles. The van der Waals surface area contributed by atoms with E-state index in [2.05, 4.69) is 4.90 Å². The number of amides is 1. The van der Waals surface area contributed by atoms with Gasteiger partial charge in [-0.15, -0.1) is 0 Å². The lowest BCUT2D eigenvalue weighted by Gasteiger charge is -2.21. The molecule has 1 aliphatic heterocycles. The summed E-state index contributed by atoms with van der Waals surface area (Å²) < 4.78 is 0. The van der Waals surface area contributed by atoms with Crippen molar-refractivity contribution in [2.45, 2.75) is 12.8 Å². The lowest BCUT2D eigenvalue weighted by molar-refractivity contribution is -0.130. The molecule has 0 aliphatic carbocycles. The Labute approximate surface area is 115 Å². The van der Waals surface area contributed by atoms with Crippen molar-refractivity contribution >= 4 is 5.91 Å². The van der Waals surface area contributed by atoms with Crippen LogP contribution in [0.4, 0.5) is 0 Å². The number of rotatable bonds is 4. The summed E-state index contributed by atoms with van der Waals surface area (Å²) in [7, 11) is 0. The van der Waals surface area contributed by atoms with Gasteiger partial charge in [0.1, 0.15) is 0 Å². The highest BCUT2D eigenvalue weighted by atomic mass is 16.2. The van der Waals surface area contributed by atoms with Crippen LogP contribution in [0.25, 0.3) is 0 Å². The van der Waals surface area contributed by atoms with Gasteiger partial charge in [-0.2, -0.15) is 0 Å². The average Bonchev–Trinajstić information content (AvgIpc) is 2.66. The average molecular weight is 261 g/mol. The van der Waals surface area contributed by atoms with Crippen LogP contribution >= 0.6 is 0 Å². The first kappa shape index (κ1) is 14.0. The molecule has 0 radical (unpaired) electrons.